The molecule has 2 aromatic carbocycles. The molecule has 3 rings (SSSR count). The van der Waals surface area contributed by atoms with Gasteiger partial charge in [-0.15, -0.1) is 0 Å². The van der Waals surface area contributed by atoms with Gasteiger partial charge in [-0.1, -0.05) is 30.3 Å². The Balaban J connectivity index is 1.66. The van der Waals surface area contributed by atoms with Crippen molar-refractivity contribution in [3.05, 3.63) is 65.0 Å². The summed E-state index contributed by atoms with van der Waals surface area (Å²) in [5, 5.41) is 9.53. The first-order valence-corrected chi connectivity index (χ1v) is 9.55. The minimum atomic E-state index is -0.331. The molecule has 146 valence electrons. The molecule has 0 unspecified atom stereocenters. The number of methoxy groups -OCH3 is 1. The van der Waals surface area contributed by atoms with Crippen LogP contribution in [0.4, 0.5) is 4.39 Å². The lowest BCUT2D eigenvalue weighted by molar-refractivity contribution is 0.0498. The van der Waals surface area contributed by atoms with Crippen molar-refractivity contribution < 1.29 is 14.2 Å². The second-order valence-electron chi connectivity index (χ2n) is 7.27. The number of aryl methyl sites for hydroxylation is 1. The van der Waals surface area contributed by atoms with Gasteiger partial charge in [0.15, 0.2) is 11.6 Å². The molecular formula is C22H29FN2O2. The molecule has 1 heterocycles. The summed E-state index contributed by atoms with van der Waals surface area (Å²) in [7, 11) is 1.49. The summed E-state index contributed by atoms with van der Waals surface area (Å²) in [6, 6.07) is 13.9. The second kappa shape index (κ2) is 9.31. The first-order valence-electron chi connectivity index (χ1n) is 9.55. The van der Waals surface area contributed by atoms with Gasteiger partial charge in [-0.25, -0.2) is 4.39 Å². The zero-order valence-electron chi connectivity index (χ0n) is 16.2. The van der Waals surface area contributed by atoms with Gasteiger partial charge in [0.1, 0.15) is 0 Å². The van der Waals surface area contributed by atoms with Crippen molar-refractivity contribution in [1.82, 2.24) is 9.80 Å². The van der Waals surface area contributed by atoms with Crippen molar-refractivity contribution in [3.63, 3.8) is 0 Å². The van der Waals surface area contributed by atoms with E-state index < -0.39 is 0 Å². The number of nitrogens with zero attached hydrogens (tertiary/aromatic N) is 2. The molecule has 1 saturated heterocycles. The van der Waals surface area contributed by atoms with Gasteiger partial charge in [-0.05, 0) is 42.2 Å². The number of rotatable bonds is 7. The van der Waals surface area contributed by atoms with E-state index >= 15 is 0 Å². The van der Waals surface area contributed by atoms with E-state index in [0.29, 0.717) is 6.04 Å². The van der Waals surface area contributed by atoms with Crippen LogP contribution in [-0.4, -0.2) is 54.3 Å². The molecule has 0 spiro atoms. The van der Waals surface area contributed by atoms with Crippen molar-refractivity contribution in [2.24, 2.45) is 0 Å². The van der Waals surface area contributed by atoms with Crippen LogP contribution >= 0.6 is 0 Å². The Bertz CT molecular complexity index is 753. The molecule has 0 aromatic heterocycles. The topological polar surface area (TPSA) is 35.9 Å². The normalized spacial score (nSPS) is 18.6. The molecule has 4 nitrogen and oxygen atoms in total. The van der Waals surface area contributed by atoms with Crippen LogP contribution in [0.1, 0.15) is 23.1 Å². The summed E-state index contributed by atoms with van der Waals surface area (Å²) in [5.74, 6) is -0.0416. The number of halogens is 1. The van der Waals surface area contributed by atoms with Gasteiger partial charge < -0.3 is 9.84 Å². The van der Waals surface area contributed by atoms with E-state index in [1.165, 1.54) is 24.3 Å². The molecule has 0 aliphatic carbocycles. The summed E-state index contributed by atoms with van der Waals surface area (Å²) in [6.07, 6.45) is 0.759. The number of benzene rings is 2. The van der Waals surface area contributed by atoms with E-state index in [2.05, 4.69) is 41.0 Å². The van der Waals surface area contributed by atoms with Crippen LogP contribution in [0.5, 0.6) is 5.75 Å². The third-order valence-corrected chi connectivity index (χ3v) is 5.41. The molecule has 1 aliphatic rings. The molecule has 1 aliphatic heterocycles. The summed E-state index contributed by atoms with van der Waals surface area (Å²) in [4.78, 5) is 4.85. The van der Waals surface area contributed by atoms with Crippen molar-refractivity contribution in [2.45, 2.75) is 32.5 Å². The zero-order valence-corrected chi connectivity index (χ0v) is 16.2. The quantitative estimate of drug-likeness (QED) is 0.810. The summed E-state index contributed by atoms with van der Waals surface area (Å²) >= 11 is 0. The molecule has 0 bridgehead atoms. The van der Waals surface area contributed by atoms with Crippen LogP contribution < -0.4 is 4.74 Å². The standard InChI is InChI=1S/C22H29FN2O2/c1-17-5-3-4-6-19(17)15-25-11-10-24(16-20(25)9-12-26)14-18-7-8-21(23)22(13-18)27-2/h3-8,13,20,26H,9-12,14-16H2,1-2H3/t20-/m1/s1. The lowest BCUT2D eigenvalue weighted by Crippen LogP contribution is -2.52. The van der Waals surface area contributed by atoms with E-state index in [0.717, 1.165) is 44.7 Å². The van der Waals surface area contributed by atoms with Crippen LogP contribution in [0.2, 0.25) is 0 Å². The largest absolute Gasteiger partial charge is 0.494 e. The molecule has 1 N–H and O–H groups in total. The fourth-order valence-electron chi connectivity index (χ4n) is 3.80. The van der Waals surface area contributed by atoms with E-state index in [-0.39, 0.29) is 18.2 Å². The minimum absolute atomic E-state index is 0.188. The van der Waals surface area contributed by atoms with Crippen molar-refractivity contribution in [2.75, 3.05) is 33.4 Å². The van der Waals surface area contributed by atoms with Gasteiger partial charge in [0.25, 0.3) is 0 Å². The predicted molar refractivity (Wildman–Crippen MR) is 105 cm³/mol. The highest BCUT2D eigenvalue weighted by atomic mass is 19.1. The number of piperazine rings is 1. The lowest BCUT2D eigenvalue weighted by atomic mass is 10.0. The smallest absolute Gasteiger partial charge is 0.165 e. The number of aliphatic hydroxyl groups excluding tert-OH is 1. The first-order chi connectivity index (χ1) is 13.1. The SMILES string of the molecule is COc1cc(CN2CCN(Cc3ccccc3C)[C@H](CCO)C2)ccc1F. The number of hydrogen-bond acceptors (Lipinski definition) is 4. The van der Waals surface area contributed by atoms with Gasteiger partial charge in [-0.2, -0.15) is 0 Å². The molecule has 27 heavy (non-hydrogen) atoms. The molecule has 1 fully saturated rings. The number of hydrogen-bond donors (Lipinski definition) is 1. The Morgan fingerprint density at radius 1 is 1.15 bits per heavy atom. The van der Waals surface area contributed by atoms with Gasteiger partial charge in [0.2, 0.25) is 0 Å². The highest BCUT2D eigenvalue weighted by Crippen LogP contribution is 2.22. The van der Waals surface area contributed by atoms with Crippen LogP contribution in [0.15, 0.2) is 42.5 Å². The van der Waals surface area contributed by atoms with Crippen LogP contribution in [0.3, 0.4) is 0 Å². The maximum atomic E-state index is 13.6. The molecule has 1 atom stereocenters. The zero-order chi connectivity index (χ0) is 19.2. The van der Waals surface area contributed by atoms with E-state index in [9.17, 15) is 9.50 Å². The summed E-state index contributed by atoms with van der Waals surface area (Å²) in [5.41, 5.74) is 3.70. The predicted octanol–water partition coefficient (Wildman–Crippen LogP) is 3.21. The minimum Gasteiger partial charge on any atom is -0.494 e. The Morgan fingerprint density at radius 2 is 1.96 bits per heavy atom. The average molecular weight is 372 g/mol. The Kier molecular flexibility index (Phi) is 6.83. The van der Waals surface area contributed by atoms with Gasteiger partial charge in [-0.3, -0.25) is 9.80 Å². The summed E-state index contributed by atoms with van der Waals surface area (Å²) < 4.78 is 18.7. The average Bonchev–Trinajstić information content (AvgIpc) is 2.67. The monoisotopic (exact) mass is 372 g/mol. The van der Waals surface area contributed by atoms with Gasteiger partial charge >= 0.3 is 0 Å². The molecule has 2 aromatic rings. The van der Waals surface area contributed by atoms with Gasteiger partial charge in [0.05, 0.1) is 7.11 Å². The molecule has 0 saturated carbocycles. The van der Waals surface area contributed by atoms with Gasteiger partial charge in [0, 0.05) is 45.4 Å². The van der Waals surface area contributed by atoms with Crippen molar-refractivity contribution >= 4 is 0 Å². The molecule has 0 amide bonds. The highest BCUT2D eigenvalue weighted by Gasteiger charge is 2.27. The second-order valence-corrected chi connectivity index (χ2v) is 7.27. The first kappa shape index (κ1) is 19.8. The fraction of sp³-hybridized carbons (Fsp3) is 0.455. The Morgan fingerprint density at radius 3 is 2.70 bits per heavy atom. The third-order valence-electron chi connectivity index (χ3n) is 5.41. The van der Waals surface area contributed by atoms with Crippen molar-refractivity contribution in [1.29, 1.82) is 0 Å². The lowest BCUT2D eigenvalue weighted by Gasteiger charge is -2.41. The van der Waals surface area contributed by atoms with Crippen molar-refractivity contribution in [3.8, 4) is 5.75 Å². The third kappa shape index (κ3) is 5.06. The Hall–Kier alpha value is -1.95. The molecule has 0 radical (unpaired) electrons. The summed E-state index contributed by atoms with van der Waals surface area (Å²) in [6.45, 7) is 6.81. The maximum Gasteiger partial charge on any atom is 0.165 e. The highest BCUT2D eigenvalue weighted by molar-refractivity contribution is 5.30. The van der Waals surface area contributed by atoms with E-state index in [4.69, 9.17) is 4.74 Å². The van der Waals surface area contributed by atoms with E-state index in [1.54, 1.807) is 6.07 Å². The number of ether oxygens (including phenoxy) is 1. The molecule has 5 heteroatoms. The number of aliphatic hydroxyl groups is 1. The van der Waals surface area contributed by atoms with Crippen LogP contribution in [0.25, 0.3) is 0 Å². The van der Waals surface area contributed by atoms with Crippen LogP contribution in [-0.2, 0) is 13.1 Å². The molecular weight excluding hydrogens is 343 g/mol. The van der Waals surface area contributed by atoms with E-state index in [1.807, 2.05) is 6.07 Å². The fourth-order valence-corrected chi connectivity index (χ4v) is 3.80. The van der Waals surface area contributed by atoms with Crippen LogP contribution in [0, 0.1) is 12.7 Å². The maximum absolute atomic E-state index is 13.6. The Labute approximate surface area is 161 Å².